The number of rotatable bonds is 3. The average molecular weight is 335 g/mol. The second kappa shape index (κ2) is 6.15. The van der Waals surface area contributed by atoms with Crippen LogP contribution >= 0.6 is 15.9 Å². The number of aryl methyl sites for hydroxylation is 1. The number of nitrogens with zero attached hydrogens (tertiary/aromatic N) is 1. The Labute approximate surface area is 119 Å². The molecule has 1 aliphatic rings. The minimum atomic E-state index is -2.53. The summed E-state index contributed by atoms with van der Waals surface area (Å²) in [6.45, 7) is 4.21. The maximum Gasteiger partial charge on any atom is 0.258 e. The fraction of sp³-hybridized carbons (Fsp3) is 0.538. The van der Waals surface area contributed by atoms with Crippen molar-refractivity contribution in [3.8, 4) is 5.75 Å². The minimum absolute atomic E-state index is 0.0352. The van der Waals surface area contributed by atoms with Crippen LogP contribution in [0.4, 0.5) is 8.78 Å². The third kappa shape index (κ3) is 3.24. The SMILES string of the molecule is Cc1cc(Br)cc([C@@H](C(F)F)N2CCNCC2)c1O. The highest BCUT2D eigenvalue weighted by atomic mass is 79.9. The van der Waals surface area contributed by atoms with E-state index in [4.69, 9.17) is 0 Å². The van der Waals surface area contributed by atoms with Gasteiger partial charge in [0.2, 0.25) is 0 Å². The Hall–Kier alpha value is -0.720. The topological polar surface area (TPSA) is 35.5 Å². The first-order chi connectivity index (χ1) is 9.00. The molecule has 106 valence electrons. The van der Waals surface area contributed by atoms with Crippen molar-refractivity contribution in [3.63, 3.8) is 0 Å². The van der Waals surface area contributed by atoms with Gasteiger partial charge in [0.25, 0.3) is 6.43 Å². The Morgan fingerprint density at radius 1 is 1.32 bits per heavy atom. The summed E-state index contributed by atoms with van der Waals surface area (Å²) in [7, 11) is 0. The summed E-state index contributed by atoms with van der Waals surface area (Å²) < 4.78 is 27.6. The molecule has 1 fully saturated rings. The molecule has 0 bridgehead atoms. The highest BCUT2D eigenvalue weighted by Crippen LogP contribution is 2.37. The third-order valence-corrected chi connectivity index (χ3v) is 3.85. The molecule has 0 unspecified atom stereocenters. The second-order valence-corrected chi connectivity index (χ2v) is 5.64. The molecule has 19 heavy (non-hydrogen) atoms. The van der Waals surface area contributed by atoms with Crippen molar-refractivity contribution in [3.05, 3.63) is 27.7 Å². The van der Waals surface area contributed by atoms with Gasteiger partial charge in [-0.25, -0.2) is 8.78 Å². The van der Waals surface area contributed by atoms with Gasteiger partial charge in [-0.1, -0.05) is 15.9 Å². The highest BCUT2D eigenvalue weighted by molar-refractivity contribution is 9.10. The zero-order valence-corrected chi connectivity index (χ0v) is 12.3. The van der Waals surface area contributed by atoms with Crippen molar-refractivity contribution in [2.24, 2.45) is 0 Å². The van der Waals surface area contributed by atoms with E-state index in [-0.39, 0.29) is 5.75 Å². The van der Waals surface area contributed by atoms with Gasteiger partial charge >= 0.3 is 0 Å². The van der Waals surface area contributed by atoms with E-state index >= 15 is 0 Å². The number of benzene rings is 1. The molecule has 0 spiro atoms. The number of hydrogen-bond acceptors (Lipinski definition) is 3. The van der Waals surface area contributed by atoms with Crippen molar-refractivity contribution in [2.75, 3.05) is 26.2 Å². The van der Waals surface area contributed by atoms with Crippen LogP contribution in [0.2, 0.25) is 0 Å². The van der Waals surface area contributed by atoms with Crippen molar-refractivity contribution in [1.82, 2.24) is 10.2 Å². The summed E-state index contributed by atoms with van der Waals surface area (Å²) in [5.74, 6) is -0.0352. The van der Waals surface area contributed by atoms with Crippen molar-refractivity contribution >= 4 is 15.9 Å². The summed E-state index contributed by atoms with van der Waals surface area (Å²) in [5, 5.41) is 13.2. The molecule has 0 amide bonds. The molecule has 2 rings (SSSR count). The van der Waals surface area contributed by atoms with E-state index in [9.17, 15) is 13.9 Å². The zero-order valence-electron chi connectivity index (χ0n) is 10.7. The van der Waals surface area contributed by atoms with E-state index < -0.39 is 12.5 Å². The first-order valence-corrected chi connectivity index (χ1v) is 7.02. The van der Waals surface area contributed by atoms with Crippen LogP contribution < -0.4 is 5.32 Å². The Morgan fingerprint density at radius 3 is 2.53 bits per heavy atom. The van der Waals surface area contributed by atoms with Crippen LogP contribution in [0.15, 0.2) is 16.6 Å². The monoisotopic (exact) mass is 334 g/mol. The molecule has 0 aliphatic carbocycles. The van der Waals surface area contributed by atoms with E-state index in [1.165, 1.54) is 0 Å². The average Bonchev–Trinajstić information content (AvgIpc) is 2.36. The number of aromatic hydroxyl groups is 1. The van der Waals surface area contributed by atoms with E-state index in [0.717, 1.165) is 0 Å². The van der Waals surface area contributed by atoms with E-state index in [0.29, 0.717) is 41.8 Å². The highest BCUT2D eigenvalue weighted by Gasteiger charge is 2.32. The fourth-order valence-corrected chi connectivity index (χ4v) is 3.03. The summed E-state index contributed by atoms with van der Waals surface area (Å²) in [4.78, 5) is 1.72. The smallest absolute Gasteiger partial charge is 0.258 e. The predicted octanol–water partition coefficient (Wildman–Crippen LogP) is 2.67. The molecule has 2 N–H and O–H groups in total. The molecule has 1 atom stereocenters. The van der Waals surface area contributed by atoms with Gasteiger partial charge in [-0.15, -0.1) is 0 Å². The third-order valence-electron chi connectivity index (χ3n) is 3.40. The lowest BCUT2D eigenvalue weighted by atomic mass is 10.0. The van der Waals surface area contributed by atoms with Gasteiger partial charge in [-0.2, -0.15) is 0 Å². The first-order valence-electron chi connectivity index (χ1n) is 6.22. The van der Waals surface area contributed by atoms with Gasteiger partial charge in [-0.05, 0) is 24.6 Å². The Balaban J connectivity index is 2.38. The van der Waals surface area contributed by atoms with Crippen LogP contribution in [-0.4, -0.2) is 42.6 Å². The molecule has 0 saturated carbocycles. The van der Waals surface area contributed by atoms with Crippen LogP contribution in [0, 0.1) is 6.92 Å². The molecule has 1 saturated heterocycles. The van der Waals surface area contributed by atoms with E-state index in [1.54, 1.807) is 24.0 Å². The number of hydrogen-bond donors (Lipinski definition) is 2. The molecule has 1 aliphatic heterocycles. The fourth-order valence-electron chi connectivity index (χ4n) is 2.44. The van der Waals surface area contributed by atoms with Crippen LogP contribution in [0.5, 0.6) is 5.75 Å². The number of phenolic OH excluding ortho intramolecular Hbond substituents is 1. The largest absolute Gasteiger partial charge is 0.507 e. The van der Waals surface area contributed by atoms with Gasteiger partial charge in [-0.3, -0.25) is 4.90 Å². The van der Waals surface area contributed by atoms with Crippen LogP contribution in [0.25, 0.3) is 0 Å². The molecule has 1 heterocycles. The van der Waals surface area contributed by atoms with Gasteiger partial charge in [0.05, 0.1) is 0 Å². The predicted molar refractivity (Wildman–Crippen MR) is 73.7 cm³/mol. The molecule has 6 heteroatoms. The van der Waals surface area contributed by atoms with Crippen LogP contribution in [0.1, 0.15) is 17.2 Å². The maximum atomic E-state index is 13.4. The number of alkyl halides is 2. The Morgan fingerprint density at radius 2 is 1.95 bits per heavy atom. The summed E-state index contributed by atoms with van der Waals surface area (Å²) in [6, 6.07) is 2.25. The van der Waals surface area contributed by atoms with Gasteiger partial charge < -0.3 is 10.4 Å². The van der Waals surface area contributed by atoms with E-state index in [1.807, 2.05) is 0 Å². The van der Waals surface area contributed by atoms with Gasteiger partial charge in [0.15, 0.2) is 0 Å². The molecule has 0 aromatic heterocycles. The molecule has 1 aromatic rings. The van der Waals surface area contributed by atoms with Crippen molar-refractivity contribution in [1.29, 1.82) is 0 Å². The van der Waals surface area contributed by atoms with Crippen molar-refractivity contribution < 1.29 is 13.9 Å². The maximum absolute atomic E-state index is 13.4. The molecule has 1 aromatic carbocycles. The Kier molecular flexibility index (Phi) is 4.76. The molecular formula is C13H17BrF2N2O. The zero-order chi connectivity index (χ0) is 14.0. The standard InChI is InChI=1S/C13H17BrF2N2O/c1-8-6-9(14)7-10(12(8)19)11(13(15)16)18-4-2-17-3-5-18/h6-7,11,13,17,19H,2-5H2,1H3/t11-/m0/s1. The van der Waals surface area contributed by atoms with Crippen LogP contribution in [-0.2, 0) is 0 Å². The normalized spacial score (nSPS) is 18.8. The number of piperazine rings is 1. The summed E-state index contributed by atoms with van der Waals surface area (Å²) >= 11 is 3.30. The summed E-state index contributed by atoms with van der Waals surface area (Å²) in [6.07, 6.45) is -2.53. The van der Waals surface area contributed by atoms with Crippen LogP contribution in [0.3, 0.4) is 0 Å². The lowest BCUT2D eigenvalue weighted by molar-refractivity contribution is 0.0169. The molecule has 0 radical (unpaired) electrons. The Bertz CT molecular complexity index is 451. The lowest BCUT2D eigenvalue weighted by Crippen LogP contribution is -2.46. The quantitative estimate of drug-likeness (QED) is 0.892. The van der Waals surface area contributed by atoms with Crippen molar-refractivity contribution in [2.45, 2.75) is 19.4 Å². The van der Waals surface area contributed by atoms with Gasteiger partial charge in [0, 0.05) is 36.2 Å². The molecular weight excluding hydrogens is 318 g/mol. The first kappa shape index (κ1) is 14.7. The summed E-state index contributed by atoms with van der Waals surface area (Å²) in [5.41, 5.74) is 0.897. The minimum Gasteiger partial charge on any atom is -0.507 e. The second-order valence-electron chi connectivity index (χ2n) is 4.73. The number of nitrogens with one attached hydrogen (secondary N) is 1. The van der Waals surface area contributed by atoms with Gasteiger partial charge in [0.1, 0.15) is 11.8 Å². The number of phenols is 1. The molecule has 3 nitrogen and oxygen atoms in total. The van der Waals surface area contributed by atoms with E-state index in [2.05, 4.69) is 21.2 Å². The lowest BCUT2D eigenvalue weighted by Gasteiger charge is -2.35. The number of halogens is 3.